The van der Waals surface area contributed by atoms with Gasteiger partial charge >= 0.3 is 6.09 Å². The maximum absolute atomic E-state index is 14.1. The lowest BCUT2D eigenvalue weighted by molar-refractivity contribution is -0.142. The third-order valence-electron chi connectivity index (χ3n) is 8.75. The fourth-order valence-corrected chi connectivity index (χ4v) is 6.13. The van der Waals surface area contributed by atoms with Crippen molar-refractivity contribution in [1.82, 2.24) is 24.6 Å². The minimum absolute atomic E-state index is 0.00714. The third-order valence-corrected chi connectivity index (χ3v) is 8.75. The topological polar surface area (TPSA) is 104 Å². The number of nitrogens with zero attached hydrogens (tertiary/aromatic N) is 4. The summed E-state index contributed by atoms with van der Waals surface area (Å²) >= 11 is 0. The van der Waals surface area contributed by atoms with Gasteiger partial charge in [0.2, 0.25) is 11.8 Å². The Morgan fingerprint density at radius 2 is 1.74 bits per heavy atom. The summed E-state index contributed by atoms with van der Waals surface area (Å²) in [6.07, 6.45) is 4.14. The Kier molecular flexibility index (Phi) is 9.71. The summed E-state index contributed by atoms with van der Waals surface area (Å²) in [5.74, 6) is -1.11. The zero-order chi connectivity index (χ0) is 31.6. The van der Waals surface area contributed by atoms with E-state index >= 15 is 0 Å². The number of amides is 4. The molecule has 1 aliphatic carbocycles. The van der Waals surface area contributed by atoms with Gasteiger partial charge in [0, 0.05) is 50.7 Å². The molecule has 1 saturated heterocycles. The number of halogens is 1. The summed E-state index contributed by atoms with van der Waals surface area (Å²) in [4.78, 5) is 58.3. The van der Waals surface area contributed by atoms with E-state index in [0.717, 1.165) is 37.6 Å². The molecular weight excluding hydrogens is 553 g/mol. The lowest BCUT2D eigenvalue weighted by Crippen LogP contribution is -2.62. The number of fused-ring (bicyclic) bond motifs is 1. The van der Waals surface area contributed by atoms with Crippen LogP contribution < -0.4 is 5.32 Å². The smallest absolute Gasteiger partial charge is 0.410 e. The Labute approximate surface area is 253 Å². The molecule has 4 rings (SSSR count). The maximum Gasteiger partial charge on any atom is 0.410 e. The van der Waals surface area contributed by atoms with Gasteiger partial charge in [-0.2, -0.15) is 0 Å². The van der Waals surface area contributed by atoms with Crippen molar-refractivity contribution in [3.05, 3.63) is 35.8 Å². The quantitative estimate of drug-likeness (QED) is 0.533. The van der Waals surface area contributed by atoms with E-state index in [4.69, 9.17) is 4.74 Å². The highest BCUT2D eigenvalue weighted by molar-refractivity contribution is 5.99. The van der Waals surface area contributed by atoms with Gasteiger partial charge in [-0.3, -0.25) is 19.3 Å². The zero-order valence-corrected chi connectivity index (χ0v) is 26.5. The van der Waals surface area contributed by atoms with E-state index in [9.17, 15) is 23.6 Å². The molecule has 2 heterocycles. The SMILES string of the molecule is CC(C(=O)NC(C(=O)N1CCN(C(=O)c2cc3cc(F)ccc3n2C)C[C@H]1C)C1CCCCC1)N(C)C(=O)OC(C)(C)C. The van der Waals surface area contributed by atoms with Gasteiger partial charge in [0.05, 0.1) is 0 Å². The highest BCUT2D eigenvalue weighted by Gasteiger charge is 2.39. The molecule has 11 heteroatoms. The Balaban J connectivity index is 1.46. The first kappa shape index (κ1) is 32.3. The molecule has 43 heavy (non-hydrogen) atoms. The number of hydrogen-bond donors (Lipinski definition) is 1. The first-order chi connectivity index (χ1) is 20.2. The molecule has 1 N–H and O–H groups in total. The van der Waals surface area contributed by atoms with Crippen LogP contribution in [0.3, 0.4) is 0 Å². The van der Waals surface area contributed by atoms with Gasteiger partial charge < -0.3 is 24.4 Å². The van der Waals surface area contributed by atoms with Crippen LogP contribution in [0.5, 0.6) is 0 Å². The van der Waals surface area contributed by atoms with E-state index in [1.54, 1.807) is 61.2 Å². The minimum Gasteiger partial charge on any atom is -0.444 e. The Morgan fingerprint density at radius 3 is 2.37 bits per heavy atom. The van der Waals surface area contributed by atoms with Crippen LogP contribution in [-0.4, -0.2) is 93.5 Å². The molecule has 0 bridgehead atoms. The third kappa shape index (κ3) is 7.30. The second-order valence-electron chi connectivity index (χ2n) is 13.1. The van der Waals surface area contributed by atoms with Gasteiger partial charge in [-0.05, 0) is 77.6 Å². The summed E-state index contributed by atoms with van der Waals surface area (Å²) in [6, 6.07) is 4.31. The molecule has 0 radical (unpaired) electrons. The fraction of sp³-hybridized carbons (Fsp3) is 0.625. The van der Waals surface area contributed by atoms with Crippen LogP contribution in [-0.2, 0) is 21.4 Å². The van der Waals surface area contributed by atoms with Crippen LogP contribution in [0.1, 0.15) is 77.2 Å². The molecule has 1 aromatic carbocycles. The average Bonchev–Trinajstić information content (AvgIpc) is 3.28. The average molecular weight is 600 g/mol. The molecule has 2 unspecified atom stereocenters. The maximum atomic E-state index is 14.1. The van der Waals surface area contributed by atoms with Crippen molar-refractivity contribution in [1.29, 1.82) is 0 Å². The highest BCUT2D eigenvalue weighted by Crippen LogP contribution is 2.29. The van der Waals surface area contributed by atoms with Crippen molar-refractivity contribution in [2.45, 2.75) is 90.4 Å². The van der Waals surface area contributed by atoms with Crippen LogP contribution in [0.15, 0.2) is 24.3 Å². The lowest BCUT2D eigenvalue weighted by Gasteiger charge is -2.43. The van der Waals surface area contributed by atoms with Gasteiger partial charge in [0.25, 0.3) is 5.91 Å². The zero-order valence-electron chi connectivity index (χ0n) is 26.5. The Bertz CT molecular complexity index is 1360. The van der Waals surface area contributed by atoms with E-state index in [-0.39, 0.29) is 29.6 Å². The number of hydrogen-bond acceptors (Lipinski definition) is 5. The molecule has 1 aromatic heterocycles. The molecule has 4 amide bonds. The largest absolute Gasteiger partial charge is 0.444 e. The molecule has 0 spiro atoms. The molecule has 3 atom stereocenters. The molecule has 2 aliphatic rings. The van der Waals surface area contributed by atoms with Crippen molar-refractivity contribution in [2.75, 3.05) is 26.7 Å². The van der Waals surface area contributed by atoms with Gasteiger partial charge in [0.15, 0.2) is 0 Å². The summed E-state index contributed by atoms with van der Waals surface area (Å²) in [5.41, 5.74) is 0.528. The number of carbonyl (C=O) groups is 4. The van der Waals surface area contributed by atoms with Crippen LogP contribution in [0.2, 0.25) is 0 Å². The van der Waals surface area contributed by atoms with Gasteiger partial charge in [-0.25, -0.2) is 9.18 Å². The number of rotatable bonds is 6. The monoisotopic (exact) mass is 599 g/mol. The van der Waals surface area contributed by atoms with Crippen molar-refractivity contribution >= 4 is 34.7 Å². The van der Waals surface area contributed by atoms with Crippen LogP contribution in [0, 0.1) is 11.7 Å². The number of aromatic nitrogens is 1. The van der Waals surface area contributed by atoms with E-state index in [2.05, 4.69) is 5.32 Å². The molecule has 236 valence electrons. The lowest BCUT2D eigenvalue weighted by atomic mass is 9.83. The van der Waals surface area contributed by atoms with Crippen molar-refractivity contribution in [2.24, 2.45) is 13.0 Å². The summed E-state index contributed by atoms with van der Waals surface area (Å²) in [6.45, 7) is 9.83. The predicted molar refractivity (Wildman–Crippen MR) is 162 cm³/mol. The number of nitrogens with one attached hydrogen (secondary N) is 1. The summed E-state index contributed by atoms with van der Waals surface area (Å²) in [7, 11) is 3.30. The first-order valence-electron chi connectivity index (χ1n) is 15.3. The molecule has 1 saturated carbocycles. The second kappa shape index (κ2) is 12.9. The van der Waals surface area contributed by atoms with E-state index < -0.39 is 29.7 Å². The normalized spacial score (nSPS) is 19.6. The van der Waals surface area contributed by atoms with E-state index in [1.807, 2.05) is 6.92 Å². The van der Waals surface area contributed by atoms with Crippen molar-refractivity contribution < 1.29 is 28.3 Å². The number of aryl methyl sites for hydroxylation is 1. The predicted octanol–water partition coefficient (Wildman–Crippen LogP) is 4.31. The Morgan fingerprint density at radius 1 is 1.07 bits per heavy atom. The van der Waals surface area contributed by atoms with Crippen LogP contribution >= 0.6 is 0 Å². The number of likely N-dealkylation sites (N-methyl/N-ethyl adjacent to an activating group) is 1. The standard InChI is InChI=1S/C32H46FN5O5/c1-20-19-37(29(40)26-18-23-17-24(33)13-14-25(23)36(26)7)15-16-38(20)30(41)27(22-11-9-8-10-12-22)34-28(39)21(2)35(6)31(42)43-32(3,4)5/h13-14,17-18,20-22,27H,8-12,15-16,19H2,1-7H3,(H,34,39)/t20-,21?,27?/m1/s1. The number of ether oxygens (including phenoxy) is 1. The van der Waals surface area contributed by atoms with Gasteiger partial charge in [-0.1, -0.05) is 19.3 Å². The molecular formula is C32H46FN5O5. The van der Waals surface area contributed by atoms with Crippen molar-refractivity contribution in [3.8, 4) is 0 Å². The molecule has 2 fully saturated rings. The molecule has 10 nitrogen and oxygen atoms in total. The van der Waals surface area contributed by atoms with Gasteiger partial charge in [0.1, 0.15) is 29.2 Å². The summed E-state index contributed by atoms with van der Waals surface area (Å²) in [5, 5.41) is 3.65. The van der Waals surface area contributed by atoms with Crippen LogP contribution in [0.25, 0.3) is 10.9 Å². The number of piperazine rings is 1. The fourth-order valence-electron chi connectivity index (χ4n) is 6.13. The number of benzene rings is 1. The second-order valence-corrected chi connectivity index (χ2v) is 13.1. The van der Waals surface area contributed by atoms with E-state index in [1.165, 1.54) is 24.1 Å². The van der Waals surface area contributed by atoms with Crippen molar-refractivity contribution in [3.63, 3.8) is 0 Å². The Hall–Kier alpha value is -3.63. The van der Waals surface area contributed by atoms with Gasteiger partial charge in [-0.15, -0.1) is 0 Å². The molecule has 1 aliphatic heterocycles. The van der Waals surface area contributed by atoms with E-state index in [0.29, 0.717) is 30.7 Å². The first-order valence-corrected chi connectivity index (χ1v) is 15.3. The van der Waals surface area contributed by atoms with Crippen LogP contribution in [0.4, 0.5) is 9.18 Å². The summed E-state index contributed by atoms with van der Waals surface area (Å²) < 4.78 is 21.0. The molecule has 2 aromatic rings. The highest BCUT2D eigenvalue weighted by atomic mass is 19.1. The minimum atomic E-state index is -0.838. The number of carbonyl (C=O) groups excluding carboxylic acids is 4.